The van der Waals surface area contributed by atoms with E-state index in [0.29, 0.717) is 22.0 Å². The van der Waals surface area contributed by atoms with E-state index in [2.05, 4.69) is 4.98 Å². The summed E-state index contributed by atoms with van der Waals surface area (Å²) in [4.78, 5) is 4.79. The zero-order chi connectivity index (χ0) is 13.3. The minimum atomic E-state index is 0.317. The van der Waals surface area contributed by atoms with Gasteiger partial charge in [0.25, 0.3) is 0 Å². The maximum absolute atomic E-state index is 5.77. The first-order valence-corrected chi connectivity index (χ1v) is 5.81. The SMILES string of the molecule is COc1ccc(OC)c2c(C(N)=S)cc(C)nc12. The van der Waals surface area contributed by atoms with Crippen LogP contribution in [0.25, 0.3) is 10.9 Å². The molecule has 2 aromatic rings. The van der Waals surface area contributed by atoms with Crippen LogP contribution in [0, 0.1) is 6.92 Å². The summed E-state index contributed by atoms with van der Waals surface area (Å²) >= 11 is 5.09. The Morgan fingerprint density at radius 2 is 1.83 bits per heavy atom. The number of pyridine rings is 1. The van der Waals surface area contributed by atoms with Crippen molar-refractivity contribution >= 4 is 28.1 Å². The van der Waals surface area contributed by atoms with E-state index in [1.54, 1.807) is 14.2 Å². The molecule has 0 radical (unpaired) electrons. The average molecular weight is 262 g/mol. The Balaban J connectivity index is 2.96. The Labute approximate surface area is 111 Å². The number of thiocarbonyl (C=S) groups is 1. The standard InChI is InChI=1S/C13H14N2O2S/c1-7-6-8(13(14)18)11-9(16-2)4-5-10(17-3)12(11)15-7/h4-6H,1-3H3,(H2,14,18). The van der Waals surface area contributed by atoms with E-state index >= 15 is 0 Å². The Kier molecular flexibility index (Phi) is 3.34. The Hall–Kier alpha value is -1.88. The van der Waals surface area contributed by atoms with Gasteiger partial charge in [0, 0.05) is 11.3 Å². The molecule has 0 amide bonds. The van der Waals surface area contributed by atoms with Gasteiger partial charge in [-0.1, -0.05) is 12.2 Å². The molecule has 2 rings (SSSR count). The van der Waals surface area contributed by atoms with Crippen LogP contribution in [0.1, 0.15) is 11.3 Å². The van der Waals surface area contributed by atoms with Crippen LogP contribution in [0.5, 0.6) is 11.5 Å². The Bertz CT molecular complexity index is 626. The Morgan fingerprint density at radius 1 is 1.22 bits per heavy atom. The van der Waals surface area contributed by atoms with Crippen molar-refractivity contribution in [1.82, 2.24) is 4.98 Å². The zero-order valence-electron chi connectivity index (χ0n) is 10.5. The smallest absolute Gasteiger partial charge is 0.145 e. The van der Waals surface area contributed by atoms with Gasteiger partial charge in [0.05, 0.1) is 19.6 Å². The fourth-order valence-electron chi connectivity index (χ4n) is 1.94. The van der Waals surface area contributed by atoms with Gasteiger partial charge in [0.2, 0.25) is 0 Å². The van der Waals surface area contributed by atoms with Crippen LogP contribution in [0.2, 0.25) is 0 Å². The van der Waals surface area contributed by atoms with Gasteiger partial charge in [0.1, 0.15) is 22.0 Å². The predicted molar refractivity (Wildman–Crippen MR) is 75.5 cm³/mol. The third-order valence-electron chi connectivity index (χ3n) is 2.72. The Morgan fingerprint density at radius 3 is 2.39 bits per heavy atom. The lowest BCUT2D eigenvalue weighted by Gasteiger charge is -2.13. The molecule has 94 valence electrons. The second-order valence-corrected chi connectivity index (χ2v) is 4.31. The normalized spacial score (nSPS) is 10.4. The number of aromatic nitrogens is 1. The highest BCUT2D eigenvalue weighted by Gasteiger charge is 2.15. The van der Waals surface area contributed by atoms with Crippen molar-refractivity contribution in [3.05, 3.63) is 29.5 Å². The van der Waals surface area contributed by atoms with E-state index in [4.69, 9.17) is 27.4 Å². The molecule has 0 saturated heterocycles. The first-order valence-electron chi connectivity index (χ1n) is 5.40. The molecule has 0 aliphatic carbocycles. The molecule has 0 atom stereocenters. The maximum Gasteiger partial charge on any atom is 0.145 e. The molecule has 0 unspecified atom stereocenters. The third-order valence-corrected chi connectivity index (χ3v) is 2.94. The molecule has 1 heterocycles. The summed E-state index contributed by atoms with van der Waals surface area (Å²) in [5.74, 6) is 1.35. The molecule has 0 fully saturated rings. The monoisotopic (exact) mass is 262 g/mol. The summed E-state index contributed by atoms with van der Waals surface area (Å²) in [6.45, 7) is 1.89. The van der Waals surface area contributed by atoms with Crippen molar-refractivity contribution in [2.75, 3.05) is 14.2 Å². The van der Waals surface area contributed by atoms with E-state index in [-0.39, 0.29) is 0 Å². The highest BCUT2D eigenvalue weighted by Crippen LogP contribution is 2.34. The third kappa shape index (κ3) is 1.97. The summed E-state index contributed by atoms with van der Waals surface area (Å²) in [6, 6.07) is 5.49. The van der Waals surface area contributed by atoms with Gasteiger partial charge in [-0.05, 0) is 25.1 Å². The second-order valence-electron chi connectivity index (χ2n) is 3.87. The number of ether oxygens (including phenoxy) is 2. The highest BCUT2D eigenvalue weighted by molar-refractivity contribution is 7.80. The number of nitrogens with two attached hydrogens (primary N) is 1. The van der Waals surface area contributed by atoms with Crippen LogP contribution < -0.4 is 15.2 Å². The second kappa shape index (κ2) is 4.78. The van der Waals surface area contributed by atoms with Crippen LogP contribution in [-0.2, 0) is 0 Å². The van der Waals surface area contributed by atoms with Crippen molar-refractivity contribution in [3.63, 3.8) is 0 Å². The minimum absolute atomic E-state index is 0.317. The molecule has 1 aromatic carbocycles. The molecule has 0 spiro atoms. The number of hydrogen-bond acceptors (Lipinski definition) is 4. The number of rotatable bonds is 3. The lowest BCUT2D eigenvalue weighted by atomic mass is 10.1. The molecule has 1 aromatic heterocycles. The summed E-state index contributed by atoms with van der Waals surface area (Å²) in [7, 11) is 3.20. The number of methoxy groups -OCH3 is 2. The van der Waals surface area contributed by atoms with E-state index in [1.165, 1.54) is 0 Å². The van der Waals surface area contributed by atoms with Crippen LogP contribution in [-0.4, -0.2) is 24.2 Å². The summed E-state index contributed by atoms with van der Waals surface area (Å²) in [5.41, 5.74) is 8.06. The predicted octanol–water partition coefficient (Wildman–Crippen LogP) is 2.19. The van der Waals surface area contributed by atoms with Gasteiger partial charge in [-0.3, -0.25) is 0 Å². The van der Waals surface area contributed by atoms with Crippen LogP contribution in [0.15, 0.2) is 18.2 Å². The summed E-state index contributed by atoms with van der Waals surface area (Å²) < 4.78 is 10.7. The van der Waals surface area contributed by atoms with Gasteiger partial charge in [0.15, 0.2) is 0 Å². The van der Waals surface area contributed by atoms with Crippen molar-refractivity contribution in [1.29, 1.82) is 0 Å². The summed E-state index contributed by atoms with van der Waals surface area (Å²) in [6.07, 6.45) is 0. The highest BCUT2D eigenvalue weighted by atomic mass is 32.1. The van der Waals surface area contributed by atoms with E-state index in [1.807, 2.05) is 25.1 Å². The van der Waals surface area contributed by atoms with Crippen molar-refractivity contribution < 1.29 is 9.47 Å². The number of hydrogen-bond donors (Lipinski definition) is 1. The molecule has 0 aliphatic rings. The van der Waals surface area contributed by atoms with Gasteiger partial charge in [-0.2, -0.15) is 0 Å². The van der Waals surface area contributed by atoms with E-state index in [9.17, 15) is 0 Å². The van der Waals surface area contributed by atoms with Gasteiger partial charge in [-0.15, -0.1) is 0 Å². The van der Waals surface area contributed by atoms with Gasteiger partial charge < -0.3 is 15.2 Å². The molecule has 0 saturated carbocycles. The van der Waals surface area contributed by atoms with Crippen molar-refractivity contribution in [3.8, 4) is 11.5 Å². The number of aryl methyl sites for hydroxylation is 1. The molecular weight excluding hydrogens is 248 g/mol. The molecule has 2 N–H and O–H groups in total. The topological polar surface area (TPSA) is 57.4 Å². The number of benzene rings is 1. The van der Waals surface area contributed by atoms with Crippen LogP contribution >= 0.6 is 12.2 Å². The largest absolute Gasteiger partial charge is 0.496 e. The molecular formula is C13H14N2O2S. The number of fused-ring (bicyclic) bond motifs is 1. The number of nitrogens with zero attached hydrogens (tertiary/aromatic N) is 1. The van der Waals surface area contributed by atoms with E-state index < -0.39 is 0 Å². The maximum atomic E-state index is 5.77. The molecule has 18 heavy (non-hydrogen) atoms. The fraction of sp³-hybridized carbons (Fsp3) is 0.231. The molecule has 0 bridgehead atoms. The minimum Gasteiger partial charge on any atom is -0.496 e. The molecule has 5 heteroatoms. The molecule has 4 nitrogen and oxygen atoms in total. The lowest BCUT2D eigenvalue weighted by Crippen LogP contribution is -2.11. The zero-order valence-corrected chi connectivity index (χ0v) is 11.3. The quantitative estimate of drug-likeness (QED) is 0.859. The van der Waals surface area contributed by atoms with Gasteiger partial charge in [-0.25, -0.2) is 4.98 Å². The van der Waals surface area contributed by atoms with Crippen LogP contribution in [0.3, 0.4) is 0 Å². The van der Waals surface area contributed by atoms with Crippen LogP contribution in [0.4, 0.5) is 0 Å². The molecule has 0 aliphatic heterocycles. The van der Waals surface area contributed by atoms with Crippen molar-refractivity contribution in [2.24, 2.45) is 5.73 Å². The van der Waals surface area contributed by atoms with E-state index in [0.717, 1.165) is 16.6 Å². The lowest BCUT2D eigenvalue weighted by molar-refractivity contribution is 0.409. The first kappa shape index (κ1) is 12.6. The van der Waals surface area contributed by atoms with Crippen molar-refractivity contribution in [2.45, 2.75) is 6.92 Å². The van der Waals surface area contributed by atoms with Gasteiger partial charge >= 0.3 is 0 Å². The summed E-state index contributed by atoms with van der Waals surface area (Å²) in [5, 5.41) is 0.787. The fourth-order valence-corrected chi connectivity index (χ4v) is 2.10. The average Bonchev–Trinajstić information content (AvgIpc) is 2.36. The first-order chi connectivity index (χ1) is 8.58.